The molecule has 4 nitrogen and oxygen atoms in total. The lowest BCUT2D eigenvalue weighted by Gasteiger charge is -2.05. The summed E-state index contributed by atoms with van der Waals surface area (Å²) in [7, 11) is 0. The van der Waals surface area contributed by atoms with Crippen LogP contribution in [0.5, 0.6) is 0 Å². The van der Waals surface area contributed by atoms with Crippen LogP contribution in [0.2, 0.25) is 10.0 Å². The Morgan fingerprint density at radius 1 is 1.04 bits per heavy atom. The molecular formula is C19H16Cl2N2O2. The highest BCUT2D eigenvalue weighted by Crippen LogP contribution is 2.25. The molecule has 0 radical (unpaired) electrons. The molecule has 1 aliphatic rings. The van der Waals surface area contributed by atoms with Gasteiger partial charge in [0.25, 0.3) is 5.91 Å². The largest absolute Gasteiger partial charge is 0.349 e. The zero-order valence-electron chi connectivity index (χ0n) is 13.3. The van der Waals surface area contributed by atoms with Crippen LogP contribution in [-0.2, 0) is 4.79 Å². The Hall–Kier alpha value is -2.30. The van der Waals surface area contributed by atoms with Gasteiger partial charge < -0.3 is 10.6 Å². The first kappa shape index (κ1) is 17.5. The number of halogens is 2. The Bertz CT molecular complexity index is 828. The molecule has 0 atom stereocenters. The number of nitrogens with one attached hydrogen (secondary N) is 2. The Morgan fingerprint density at radius 2 is 1.76 bits per heavy atom. The minimum atomic E-state index is -0.320. The summed E-state index contributed by atoms with van der Waals surface area (Å²) in [5, 5.41) is 6.51. The molecule has 2 aromatic rings. The summed E-state index contributed by atoms with van der Waals surface area (Å²) >= 11 is 11.9. The van der Waals surface area contributed by atoms with E-state index in [9.17, 15) is 9.59 Å². The van der Waals surface area contributed by atoms with Gasteiger partial charge in [-0.3, -0.25) is 9.59 Å². The van der Waals surface area contributed by atoms with Crippen LogP contribution in [-0.4, -0.2) is 17.9 Å². The average Bonchev–Trinajstić information content (AvgIpc) is 3.41. The second kappa shape index (κ2) is 7.72. The number of carbonyl (C=O) groups excluding carboxylic acids is 2. The lowest BCUT2D eigenvalue weighted by molar-refractivity contribution is -0.111. The van der Waals surface area contributed by atoms with Crippen molar-refractivity contribution in [3.63, 3.8) is 0 Å². The normalized spacial score (nSPS) is 13.7. The zero-order valence-corrected chi connectivity index (χ0v) is 14.8. The maximum absolute atomic E-state index is 12.0. The first-order valence-corrected chi connectivity index (χ1v) is 8.62. The van der Waals surface area contributed by atoms with Crippen molar-refractivity contribution in [1.82, 2.24) is 5.32 Å². The fourth-order valence-corrected chi connectivity index (χ4v) is 2.52. The van der Waals surface area contributed by atoms with Gasteiger partial charge in [-0.15, -0.1) is 0 Å². The lowest BCUT2D eigenvalue weighted by Crippen LogP contribution is -2.25. The first-order chi connectivity index (χ1) is 12.0. The fourth-order valence-electron chi connectivity index (χ4n) is 2.18. The molecule has 0 bridgehead atoms. The van der Waals surface area contributed by atoms with E-state index in [1.807, 2.05) is 0 Å². The third kappa shape index (κ3) is 5.08. The minimum Gasteiger partial charge on any atom is -0.349 e. The smallest absolute Gasteiger partial charge is 0.251 e. The molecule has 1 saturated carbocycles. The first-order valence-electron chi connectivity index (χ1n) is 7.86. The molecule has 0 unspecified atom stereocenters. The molecule has 25 heavy (non-hydrogen) atoms. The minimum absolute atomic E-state index is 0.0635. The standard InChI is InChI=1S/C19H16Cl2N2O2/c20-14-6-9-16(21)17(11-14)23-18(24)10-3-12-1-4-13(5-2-12)19(25)22-15-7-8-15/h1-6,9-11,15H,7-8H2,(H,22,25)(H,23,24)/b10-3+. The van der Waals surface area contributed by atoms with E-state index in [4.69, 9.17) is 23.2 Å². The number of carbonyl (C=O) groups is 2. The highest BCUT2D eigenvalue weighted by Gasteiger charge is 2.23. The van der Waals surface area contributed by atoms with Crippen molar-refractivity contribution in [1.29, 1.82) is 0 Å². The third-order valence-corrected chi connectivity index (χ3v) is 4.26. The summed E-state index contributed by atoms with van der Waals surface area (Å²) in [6.07, 6.45) is 5.17. The van der Waals surface area contributed by atoms with Crippen molar-refractivity contribution in [2.45, 2.75) is 18.9 Å². The summed E-state index contributed by atoms with van der Waals surface area (Å²) in [6.45, 7) is 0. The molecule has 6 heteroatoms. The molecule has 3 rings (SSSR count). The molecule has 1 fully saturated rings. The van der Waals surface area contributed by atoms with Gasteiger partial charge >= 0.3 is 0 Å². The molecule has 2 N–H and O–H groups in total. The molecule has 0 aromatic heterocycles. The topological polar surface area (TPSA) is 58.2 Å². The van der Waals surface area contributed by atoms with Crippen molar-refractivity contribution in [3.05, 3.63) is 69.7 Å². The van der Waals surface area contributed by atoms with E-state index in [0.29, 0.717) is 27.3 Å². The maximum atomic E-state index is 12.0. The van der Waals surface area contributed by atoms with E-state index in [-0.39, 0.29) is 11.8 Å². The number of benzene rings is 2. The summed E-state index contributed by atoms with van der Waals surface area (Å²) in [4.78, 5) is 23.9. The second-order valence-electron chi connectivity index (χ2n) is 5.82. The molecule has 1 aliphatic carbocycles. The third-order valence-electron chi connectivity index (χ3n) is 3.70. The number of amides is 2. The summed E-state index contributed by atoms with van der Waals surface area (Å²) in [5.41, 5.74) is 1.88. The van der Waals surface area contributed by atoms with Crippen molar-refractivity contribution in [2.24, 2.45) is 0 Å². The predicted octanol–water partition coefficient (Wildman–Crippen LogP) is 4.54. The van der Waals surface area contributed by atoms with E-state index < -0.39 is 0 Å². The molecule has 0 saturated heterocycles. The Balaban J connectivity index is 1.60. The summed E-state index contributed by atoms with van der Waals surface area (Å²) in [6, 6.07) is 12.2. The van der Waals surface area contributed by atoms with Crippen LogP contribution in [0.4, 0.5) is 5.69 Å². The lowest BCUT2D eigenvalue weighted by atomic mass is 10.1. The van der Waals surface area contributed by atoms with E-state index >= 15 is 0 Å². The predicted molar refractivity (Wildman–Crippen MR) is 101 cm³/mol. The Morgan fingerprint density at radius 3 is 2.44 bits per heavy atom. The molecule has 0 heterocycles. The quantitative estimate of drug-likeness (QED) is 0.754. The SMILES string of the molecule is O=C(/C=C/c1ccc(C(=O)NC2CC2)cc1)Nc1cc(Cl)ccc1Cl. The van der Waals surface area contributed by atoms with Gasteiger partial charge in [0, 0.05) is 22.7 Å². The van der Waals surface area contributed by atoms with Crippen molar-refractivity contribution < 1.29 is 9.59 Å². The molecule has 0 spiro atoms. The van der Waals surface area contributed by atoms with Gasteiger partial charge in [-0.1, -0.05) is 35.3 Å². The molecule has 0 aliphatic heterocycles. The van der Waals surface area contributed by atoms with Crippen LogP contribution in [0, 0.1) is 0 Å². The number of hydrogen-bond acceptors (Lipinski definition) is 2. The number of hydrogen-bond donors (Lipinski definition) is 2. The summed E-state index contributed by atoms with van der Waals surface area (Å²) < 4.78 is 0. The van der Waals surface area contributed by atoms with Gasteiger partial charge in [0.2, 0.25) is 5.91 Å². The average molecular weight is 375 g/mol. The fraction of sp³-hybridized carbons (Fsp3) is 0.158. The maximum Gasteiger partial charge on any atom is 0.251 e. The van der Waals surface area contributed by atoms with Crippen molar-refractivity contribution in [2.75, 3.05) is 5.32 Å². The highest BCUT2D eigenvalue weighted by atomic mass is 35.5. The van der Waals surface area contributed by atoms with E-state index in [0.717, 1.165) is 18.4 Å². The van der Waals surface area contributed by atoms with Crippen LogP contribution in [0.3, 0.4) is 0 Å². The zero-order chi connectivity index (χ0) is 17.8. The molecular weight excluding hydrogens is 359 g/mol. The van der Waals surface area contributed by atoms with E-state index in [1.165, 1.54) is 6.08 Å². The van der Waals surface area contributed by atoms with Crippen LogP contribution < -0.4 is 10.6 Å². The summed E-state index contributed by atoms with van der Waals surface area (Å²) in [5.74, 6) is -0.383. The molecule has 128 valence electrons. The van der Waals surface area contributed by atoms with Gasteiger partial charge in [0.15, 0.2) is 0 Å². The number of anilines is 1. The Labute approximate surface area is 155 Å². The highest BCUT2D eigenvalue weighted by molar-refractivity contribution is 6.35. The van der Waals surface area contributed by atoms with Gasteiger partial charge in [-0.2, -0.15) is 0 Å². The van der Waals surface area contributed by atoms with Crippen LogP contribution in [0.25, 0.3) is 6.08 Å². The van der Waals surface area contributed by atoms with E-state index in [2.05, 4.69) is 10.6 Å². The van der Waals surface area contributed by atoms with Crippen LogP contribution in [0.15, 0.2) is 48.5 Å². The van der Waals surface area contributed by atoms with Gasteiger partial charge in [-0.05, 0) is 54.8 Å². The van der Waals surface area contributed by atoms with Crippen LogP contribution >= 0.6 is 23.2 Å². The van der Waals surface area contributed by atoms with Gasteiger partial charge in [0.1, 0.15) is 0 Å². The van der Waals surface area contributed by atoms with Gasteiger partial charge in [-0.25, -0.2) is 0 Å². The van der Waals surface area contributed by atoms with E-state index in [1.54, 1.807) is 48.5 Å². The monoisotopic (exact) mass is 374 g/mol. The number of rotatable bonds is 5. The van der Waals surface area contributed by atoms with Crippen molar-refractivity contribution >= 4 is 46.8 Å². The Kier molecular flexibility index (Phi) is 5.41. The van der Waals surface area contributed by atoms with Crippen molar-refractivity contribution in [3.8, 4) is 0 Å². The van der Waals surface area contributed by atoms with Crippen LogP contribution in [0.1, 0.15) is 28.8 Å². The van der Waals surface area contributed by atoms with Gasteiger partial charge in [0.05, 0.1) is 10.7 Å². The second-order valence-corrected chi connectivity index (χ2v) is 6.66. The molecule has 2 amide bonds. The molecule has 2 aromatic carbocycles.